The van der Waals surface area contributed by atoms with Crippen LogP contribution in [-0.4, -0.2) is 102 Å². The van der Waals surface area contributed by atoms with Crippen LogP contribution >= 0.6 is 11.3 Å². The molecule has 13 nitrogen and oxygen atoms in total. The van der Waals surface area contributed by atoms with Crippen LogP contribution in [0.5, 0.6) is 0 Å². The first-order valence-electron chi connectivity index (χ1n) is 15.5. The summed E-state index contributed by atoms with van der Waals surface area (Å²) in [5.74, 6) is 0.210. The highest BCUT2D eigenvalue weighted by Crippen LogP contribution is 2.28. The second-order valence-corrected chi connectivity index (χ2v) is 13.2. The van der Waals surface area contributed by atoms with E-state index >= 15 is 0 Å². The van der Waals surface area contributed by atoms with E-state index in [1.807, 2.05) is 31.2 Å². The summed E-state index contributed by atoms with van der Waals surface area (Å²) in [5.41, 5.74) is 9.22. The Morgan fingerprint density at radius 1 is 1.15 bits per heavy atom. The number of aliphatic hydroxyl groups is 1. The molecule has 0 saturated carbocycles. The van der Waals surface area contributed by atoms with Crippen LogP contribution in [0.3, 0.4) is 0 Å². The number of thiazole rings is 1. The number of nitrogens with zero attached hydrogens (tertiary/aromatic N) is 2. The van der Waals surface area contributed by atoms with Gasteiger partial charge in [-0.2, -0.15) is 0 Å². The Kier molecular flexibility index (Phi) is 14.3. The first-order chi connectivity index (χ1) is 22.3. The monoisotopic (exact) mass is 670 g/mol. The summed E-state index contributed by atoms with van der Waals surface area (Å²) in [7, 11) is 0. The number of ether oxygens (including phenoxy) is 2. The van der Waals surface area contributed by atoms with Crippen LogP contribution in [0.2, 0.25) is 0 Å². The van der Waals surface area contributed by atoms with Gasteiger partial charge in [0.25, 0.3) is 0 Å². The molecule has 0 spiro atoms. The van der Waals surface area contributed by atoms with E-state index < -0.39 is 53.3 Å². The molecule has 6 N–H and O–H groups in total. The van der Waals surface area contributed by atoms with Crippen LogP contribution in [0.25, 0.3) is 10.4 Å². The Morgan fingerprint density at radius 2 is 1.85 bits per heavy atom. The highest BCUT2D eigenvalue weighted by molar-refractivity contribution is 7.13. The molecule has 1 aliphatic heterocycles. The number of nitrogens with one attached hydrogen (secondary N) is 3. The maximum atomic E-state index is 13.9. The number of β-amino-alcohol motifs (C(OH)–C–C–N with tert-alkyl or cyclic N) is 1. The van der Waals surface area contributed by atoms with Gasteiger partial charge < -0.3 is 41.2 Å². The number of aryl methyl sites for hydroxylation is 1. The van der Waals surface area contributed by atoms with Crippen molar-refractivity contribution < 1.29 is 33.8 Å². The second-order valence-electron chi connectivity index (χ2n) is 12.4. The highest BCUT2D eigenvalue weighted by Gasteiger charge is 2.45. The van der Waals surface area contributed by atoms with Crippen molar-refractivity contribution in [2.75, 3.05) is 39.5 Å². The summed E-state index contributed by atoms with van der Waals surface area (Å²) < 4.78 is 10.5. The first-order valence-corrected chi connectivity index (χ1v) is 16.4. The number of rotatable bonds is 16. The minimum atomic E-state index is -1.13. The molecule has 256 valence electrons. The molecule has 3 rings (SSSR count). The maximum absolute atomic E-state index is 13.9. The molecule has 0 radical (unpaired) electrons. The predicted molar refractivity (Wildman–Crippen MR) is 178 cm³/mol. The topological polar surface area (TPSA) is 185 Å². The molecule has 2 heterocycles. The van der Waals surface area contributed by atoms with Crippen LogP contribution in [0, 0.1) is 24.7 Å². The minimum Gasteiger partial charge on any atom is -0.391 e. The van der Waals surface area contributed by atoms with E-state index in [9.17, 15) is 24.3 Å². The van der Waals surface area contributed by atoms with Gasteiger partial charge in [-0.3, -0.25) is 19.2 Å². The zero-order valence-corrected chi connectivity index (χ0v) is 28.2. The van der Waals surface area contributed by atoms with Gasteiger partial charge in [-0.05, 0) is 23.5 Å². The third kappa shape index (κ3) is 11.1. The van der Waals surface area contributed by atoms with Crippen molar-refractivity contribution in [3.8, 4) is 22.8 Å². The number of likely N-dealkylation sites (tertiary alicyclic amines) is 1. The van der Waals surface area contributed by atoms with E-state index in [-0.39, 0.29) is 45.8 Å². The summed E-state index contributed by atoms with van der Waals surface area (Å²) in [5, 5.41) is 18.7. The smallest absolute Gasteiger partial charge is 0.246 e. The van der Waals surface area contributed by atoms with Crippen LogP contribution in [0.15, 0.2) is 29.8 Å². The molecule has 0 aliphatic carbocycles. The third-order valence-electron chi connectivity index (χ3n) is 7.53. The van der Waals surface area contributed by atoms with Gasteiger partial charge in [-0.1, -0.05) is 45.0 Å². The van der Waals surface area contributed by atoms with Gasteiger partial charge in [0.1, 0.15) is 24.7 Å². The summed E-state index contributed by atoms with van der Waals surface area (Å²) in [6.07, 6.45) is 4.49. The van der Waals surface area contributed by atoms with Crippen LogP contribution in [-0.2, 0) is 35.2 Å². The van der Waals surface area contributed by atoms with Crippen molar-refractivity contribution in [3.05, 3.63) is 41.0 Å². The molecule has 1 saturated heterocycles. The molecule has 0 bridgehead atoms. The molecule has 1 aromatic carbocycles. The van der Waals surface area contributed by atoms with Gasteiger partial charge in [0.05, 0.1) is 42.0 Å². The molecule has 1 aromatic heterocycles. The van der Waals surface area contributed by atoms with E-state index in [0.717, 1.165) is 21.7 Å². The summed E-state index contributed by atoms with van der Waals surface area (Å²) in [6.45, 7) is 8.27. The predicted octanol–water partition coefficient (Wildman–Crippen LogP) is 0.727. The quantitative estimate of drug-likeness (QED) is 0.127. The minimum absolute atomic E-state index is 0.0546. The standard InChI is InChI=1S/C33H46N6O7S/c1-6-7-25(37-27(41)19-46-15-14-45-13-12-34)30(42)38-29(33(3,4)5)32(44)39-18-24(40)16-26(39)31(43)35-17-22-8-10-23(11-9-22)28-21(2)36-20-47-28/h1,8-11,20,24-26,29,40H,7,12-19,34H2,2-5H3,(H,35,43)(H,37,41)(H,38,42)/t24-,25?,26+,29-/m1/s1. The maximum Gasteiger partial charge on any atom is 0.246 e. The number of aliphatic hydroxyl groups excluding tert-OH is 1. The Labute approximate surface area is 280 Å². The number of amides is 4. The van der Waals surface area contributed by atoms with Crippen molar-refractivity contribution in [2.45, 2.75) is 71.3 Å². The summed E-state index contributed by atoms with van der Waals surface area (Å²) >= 11 is 1.56. The molecule has 1 unspecified atom stereocenters. The molecule has 2 aromatic rings. The average molecular weight is 671 g/mol. The molecule has 47 heavy (non-hydrogen) atoms. The van der Waals surface area contributed by atoms with Crippen LogP contribution < -0.4 is 21.7 Å². The van der Waals surface area contributed by atoms with Gasteiger partial charge >= 0.3 is 0 Å². The molecular formula is C33H46N6O7S. The van der Waals surface area contributed by atoms with Crippen LogP contribution in [0.1, 0.15) is 44.9 Å². The van der Waals surface area contributed by atoms with Crippen LogP contribution in [0.4, 0.5) is 0 Å². The lowest BCUT2D eigenvalue weighted by Crippen LogP contribution is -2.60. The number of hydrogen-bond acceptors (Lipinski definition) is 10. The largest absolute Gasteiger partial charge is 0.391 e. The Balaban J connectivity index is 1.63. The van der Waals surface area contributed by atoms with Gasteiger partial charge in [0.15, 0.2) is 0 Å². The van der Waals surface area contributed by atoms with E-state index in [1.54, 1.807) is 37.6 Å². The number of carbonyl (C=O) groups is 4. The lowest BCUT2D eigenvalue weighted by molar-refractivity contribution is -0.144. The molecule has 1 fully saturated rings. The van der Waals surface area contributed by atoms with E-state index in [4.69, 9.17) is 21.6 Å². The van der Waals surface area contributed by atoms with Crippen molar-refractivity contribution >= 4 is 35.0 Å². The van der Waals surface area contributed by atoms with Crippen molar-refractivity contribution in [2.24, 2.45) is 11.1 Å². The number of terminal acetylenes is 1. The van der Waals surface area contributed by atoms with Crippen molar-refractivity contribution in [1.82, 2.24) is 25.8 Å². The van der Waals surface area contributed by atoms with E-state index in [1.165, 1.54) is 4.90 Å². The van der Waals surface area contributed by atoms with Gasteiger partial charge in [-0.15, -0.1) is 23.7 Å². The fraction of sp³-hybridized carbons (Fsp3) is 0.545. The van der Waals surface area contributed by atoms with Gasteiger partial charge in [0.2, 0.25) is 23.6 Å². The summed E-state index contributed by atoms with van der Waals surface area (Å²) in [6, 6.07) is 4.62. The Bertz CT molecular complexity index is 1400. The lowest BCUT2D eigenvalue weighted by Gasteiger charge is -2.36. The molecule has 1 aliphatic rings. The number of carbonyl (C=O) groups excluding carboxylic acids is 4. The van der Waals surface area contributed by atoms with E-state index in [0.29, 0.717) is 13.2 Å². The van der Waals surface area contributed by atoms with Gasteiger partial charge in [0, 0.05) is 32.5 Å². The number of aromatic nitrogens is 1. The summed E-state index contributed by atoms with van der Waals surface area (Å²) in [4.78, 5) is 59.8. The Hall–Kier alpha value is -3.87. The Morgan fingerprint density at radius 3 is 2.47 bits per heavy atom. The second kappa shape index (κ2) is 17.9. The normalized spacial score (nSPS) is 17.4. The van der Waals surface area contributed by atoms with Crippen molar-refractivity contribution in [1.29, 1.82) is 0 Å². The molecular weight excluding hydrogens is 624 g/mol. The SMILES string of the molecule is C#CCC(NC(=O)COCCOCCN)C(=O)N[C@H](C(=O)N1C[C@H](O)C[C@H]1C(=O)NCc1ccc(-c2scnc2C)cc1)C(C)(C)C. The number of hydrogen-bond donors (Lipinski definition) is 5. The zero-order chi connectivity index (χ0) is 34.6. The molecule has 4 atom stereocenters. The lowest BCUT2D eigenvalue weighted by atomic mass is 9.85. The highest BCUT2D eigenvalue weighted by atomic mass is 32.1. The number of nitrogens with two attached hydrogens (primary N) is 1. The van der Waals surface area contributed by atoms with E-state index in [2.05, 4.69) is 26.9 Å². The molecule has 4 amide bonds. The first kappa shape index (κ1) is 37.6. The average Bonchev–Trinajstić information content (AvgIpc) is 3.64. The third-order valence-corrected chi connectivity index (χ3v) is 8.51. The fourth-order valence-corrected chi connectivity index (χ4v) is 5.87. The van der Waals surface area contributed by atoms with Crippen molar-refractivity contribution in [3.63, 3.8) is 0 Å². The zero-order valence-electron chi connectivity index (χ0n) is 27.4. The fourth-order valence-electron chi connectivity index (χ4n) is 5.05. The number of benzene rings is 1. The molecule has 14 heteroatoms. The van der Waals surface area contributed by atoms with Gasteiger partial charge in [-0.25, -0.2) is 4.98 Å².